The molecule has 0 unspecified atom stereocenters. The third kappa shape index (κ3) is 3.09. The summed E-state index contributed by atoms with van der Waals surface area (Å²) >= 11 is 1.73. The van der Waals surface area contributed by atoms with Gasteiger partial charge in [0.1, 0.15) is 0 Å². The lowest BCUT2D eigenvalue weighted by Crippen LogP contribution is -2.05. The Bertz CT molecular complexity index is 240. The highest BCUT2D eigenvalue weighted by Gasteiger charge is 1.92. The number of nitrogens with two attached hydrogens (primary N) is 1. The molecule has 0 saturated heterocycles. The van der Waals surface area contributed by atoms with Crippen LogP contribution in [0.3, 0.4) is 0 Å². The molecule has 0 spiro atoms. The minimum Gasteiger partial charge on any atom is -0.366 e. The largest absolute Gasteiger partial charge is 0.366 e. The molecule has 0 radical (unpaired) electrons. The first-order chi connectivity index (χ1) is 5.29. The standard InChI is InChI=1S/C8H9NOS/c9-8(10)2-1-7-3-5-11-6-4-7/h1-5H,6H2,(H2,9,10). The van der Waals surface area contributed by atoms with Crippen molar-refractivity contribution in [2.75, 3.05) is 5.75 Å². The predicted molar refractivity (Wildman–Crippen MR) is 48.0 cm³/mol. The first-order valence-electron chi connectivity index (χ1n) is 3.25. The van der Waals surface area contributed by atoms with Crippen LogP contribution >= 0.6 is 11.8 Å². The van der Waals surface area contributed by atoms with E-state index < -0.39 is 5.91 Å². The smallest absolute Gasteiger partial charge is 0.241 e. The summed E-state index contributed by atoms with van der Waals surface area (Å²) in [7, 11) is 0. The number of thioether (sulfide) groups is 1. The second-order valence-electron chi connectivity index (χ2n) is 2.08. The number of primary amides is 1. The number of amides is 1. The summed E-state index contributed by atoms with van der Waals surface area (Å²) in [5.41, 5.74) is 5.97. The molecule has 1 rings (SSSR count). The van der Waals surface area contributed by atoms with E-state index in [-0.39, 0.29) is 0 Å². The zero-order valence-corrected chi connectivity index (χ0v) is 6.80. The number of rotatable bonds is 2. The van der Waals surface area contributed by atoms with Crippen molar-refractivity contribution in [3.8, 4) is 0 Å². The SMILES string of the molecule is NC(=O)C=CC1=CCSC=C1. The Balaban J connectivity index is 2.55. The van der Waals surface area contributed by atoms with Crippen molar-refractivity contribution < 1.29 is 4.79 Å². The van der Waals surface area contributed by atoms with Crippen LogP contribution in [0.25, 0.3) is 0 Å². The van der Waals surface area contributed by atoms with Crippen molar-refractivity contribution in [2.24, 2.45) is 5.73 Å². The highest BCUT2D eigenvalue weighted by atomic mass is 32.2. The molecular weight excluding hydrogens is 158 g/mol. The van der Waals surface area contributed by atoms with Crippen molar-refractivity contribution in [3.63, 3.8) is 0 Å². The number of carbonyl (C=O) groups excluding carboxylic acids is 1. The molecule has 0 aliphatic carbocycles. The molecule has 0 aromatic rings. The highest BCUT2D eigenvalue weighted by molar-refractivity contribution is 8.02. The lowest BCUT2D eigenvalue weighted by atomic mass is 10.2. The number of carbonyl (C=O) groups is 1. The third-order valence-corrected chi connectivity index (χ3v) is 1.90. The molecule has 2 nitrogen and oxygen atoms in total. The topological polar surface area (TPSA) is 43.1 Å². The van der Waals surface area contributed by atoms with Crippen LogP contribution in [0.2, 0.25) is 0 Å². The van der Waals surface area contributed by atoms with E-state index in [0.29, 0.717) is 0 Å². The average molecular weight is 167 g/mol. The molecule has 58 valence electrons. The fourth-order valence-electron chi connectivity index (χ4n) is 0.697. The molecule has 0 bridgehead atoms. The van der Waals surface area contributed by atoms with Crippen molar-refractivity contribution in [3.05, 3.63) is 35.3 Å². The summed E-state index contributed by atoms with van der Waals surface area (Å²) in [6.45, 7) is 0. The van der Waals surface area contributed by atoms with Crippen LogP contribution in [-0.4, -0.2) is 11.7 Å². The van der Waals surface area contributed by atoms with Crippen LogP contribution in [0.5, 0.6) is 0 Å². The van der Waals surface area contributed by atoms with E-state index in [1.165, 1.54) is 6.08 Å². The molecule has 2 N–H and O–H groups in total. The maximum Gasteiger partial charge on any atom is 0.241 e. The van der Waals surface area contributed by atoms with Crippen molar-refractivity contribution >= 4 is 17.7 Å². The number of hydrogen-bond acceptors (Lipinski definition) is 2. The number of allylic oxidation sites excluding steroid dienone is 3. The molecule has 1 heterocycles. The fourth-order valence-corrected chi connectivity index (χ4v) is 1.35. The van der Waals surface area contributed by atoms with Gasteiger partial charge in [-0.25, -0.2) is 0 Å². The minimum atomic E-state index is -0.405. The van der Waals surface area contributed by atoms with E-state index in [9.17, 15) is 4.79 Å². The summed E-state index contributed by atoms with van der Waals surface area (Å²) in [5.74, 6) is 0.562. The van der Waals surface area contributed by atoms with Crippen LogP contribution in [0.15, 0.2) is 35.3 Å². The molecule has 0 aromatic heterocycles. The molecule has 3 heteroatoms. The summed E-state index contributed by atoms with van der Waals surface area (Å²) in [6.07, 6.45) is 7.09. The fraction of sp³-hybridized carbons (Fsp3) is 0.125. The molecule has 0 saturated carbocycles. The van der Waals surface area contributed by atoms with Gasteiger partial charge in [-0.15, -0.1) is 11.8 Å². The van der Waals surface area contributed by atoms with Gasteiger partial charge in [-0.1, -0.05) is 6.08 Å². The Hall–Kier alpha value is -0.960. The van der Waals surface area contributed by atoms with Crippen LogP contribution in [0.4, 0.5) is 0 Å². The zero-order chi connectivity index (χ0) is 8.10. The van der Waals surface area contributed by atoms with Gasteiger partial charge in [0.25, 0.3) is 0 Å². The van der Waals surface area contributed by atoms with Crippen molar-refractivity contribution in [1.82, 2.24) is 0 Å². The molecule has 1 amide bonds. The maximum atomic E-state index is 10.3. The Morgan fingerprint density at radius 3 is 3.09 bits per heavy atom. The van der Waals surface area contributed by atoms with Crippen molar-refractivity contribution in [1.29, 1.82) is 0 Å². The summed E-state index contributed by atoms with van der Waals surface area (Å²) < 4.78 is 0. The molecule has 1 aliphatic heterocycles. The van der Waals surface area contributed by atoms with Crippen LogP contribution < -0.4 is 5.73 Å². The third-order valence-electron chi connectivity index (χ3n) is 1.21. The van der Waals surface area contributed by atoms with Crippen molar-refractivity contribution in [2.45, 2.75) is 0 Å². The van der Waals surface area contributed by atoms with E-state index in [4.69, 9.17) is 5.73 Å². The Morgan fingerprint density at radius 2 is 2.55 bits per heavy atom. The maximum absolute atomic E-state index is 10.3. The molecular formula is C8H9NOS. The summed E-state index contributed by atoms with van der Waals surface area (Å²) in [4.78, 5) is 10.3. The Labute approximate surface area is 69.8 Å². The van der Waals surface area contributed by atoms with Gasteiger partial charge < -0.3 is 5.73 Å². The lowest BCUT2D eigenvalue weighted by Gasteiger charge is -1.99. The van der Waals surface area contributed by atoms with E-state index >= 15 is 0 Å². The van der Waals surface area contributed by atoms with E-state index in [1.807, 2.05) is 17.6 Å². The lowest BCUT2D eigenvalue weighted by molar-refractivity contribution is -0.113. The predicted octanol–water partition coefficient (Wildman–Crippen LogP) is 1.21. The Morgan fingerprint density at radius 1 is 1.73 bits per heavy atom. The zero-order valence-electron chi connectivity index (χ0n) is 5.99. The van der Waals surface area contributed by atoms with Gasteiger partial charge in [-0.05, 0) is 23.1 Å². The monoisotopic (exact) mass is 167 g/mol. The van der Waals surface area contributed by atoms with Gasteiger partial charge in [0, 0.05) is 11.8 Å². The average Bonchev–Trinajstić information content (AvgIpc) is 2.03. The van der Waals surface area contributed by atoms with Crippen LogP contribution in [-0.2, 0) is 4.79 Å². The van der Waals surface area contributed by atoms with Gasteiger partial charge in [-0.2, -0.15) is 0 Å². The van der Waals surface area contributed by atoms with Gasteiger partial charge >= 0.3 is 0 Å². The van der Waals surface area contributed by atoms with E-state index in [2.05, 4.69) is 0 Å². The summed E-state index contributed by atoms with van der Waals surface area (Å²) in [6, 6.07) is 0. The van der Waals surface area contributed by atoms with Crippen LogP contribution in [0.1, 0.15) is 0 Å². The second kappa shape index (κ2) is 4.03. The van der Waals surface area contributed by atoms with Gasteiger partial charge in [0.15, 0.2) is 0 Å². The van der Waals surface area contributed by atoms with Crippen LogP contribution in [0, 0.1) is 0 Å². The van der Waals surface area contributed by atoms with E-state index in [1.54, 1.807) is 17.8 Å². The normalized spacial score (nSPS) is 16.9. The summed E-state index contributed by atoms with van der Waals surface area (Å²) in [5, 5.41) is 2.00. The molecule has 11 heavy (non-hydrogen) atoms. The van der Waals surface area contributed by atoms with E-state index in [0.717, 1.165) is 11.3 Å². The highest BCUT2D eigenvalue weighted by Crippen LogP contribution is 2.14. The number of hydrogen-bond donors (Lipinski definition) is 1. The first-order valence-corrected chi connectivity index (χ1v) is 4.30. The molecule has 0 fully saturated rings. The molecule has 0 atom stereocenters. The molecule has 0 aromatic carbocycles. The first kappa shape index (κ1) is 8.14. The molecule has 1 aliphatic rings. The van der Waals surface area contributed by atoms with Gasteiger partial charge in [0.2, 0.25) is 5.91 Å². The Kier molecular flexibility index (Phi) is 2.98. The second-order valence-corrected chi connectivity index (χ2v) is 3.01. The minimum absolute atomic E-state index is 0.405. The van der Waals surface area contributed by atoms with Gasteiger partial charge in [-0.3, -0.25) is 4.79 Å². The quantitative estimate of drug-likeness (QED) is 0.628. The van der Waals surface area contributed by atoms with Gasteiger partial charge in [0.05, 0.1) is 0 Å².